The number of hydrogen-bond donors (Lipinski definition) is 2. The highest BCUT2D eigenvalue weighted by Gasteiger charge is 2.15. The lowest BCUT2D eigenvalue weighted by molar-refractivity contribution is 0.208. The van der Waals surface area contributed by atoms with Gasteiger partial charge in [-0.15, -0.1) is 0 Å². The fourth-order valence-electron chi connectivity index (χ4n) is 1.87. The van der Waals surface area contributed by atoms with Crippen LogP contribution in [0.4, 0.5) is 0 Å². The van der Waals surface area contributed by atoms with Crippen LogP contribution in [-0.2, 0) is 0 Å². The van der Waals surface area contributed by atoms with Crippen LogP contribution in [0.3, 0.4) is 0 Å². The Hall–Kier alpha value is -1.32. The first-order chi connectivity index (χ1) is 9.09. The first-order valence-electron chi connectivity index (χ1n) is 6.70. The van der Waals surface area contributed by atoms with Gasteiger partial charge in [0.05, 0.1) is 7.11 Å². The van der Waals surface area contributed by atoms with Gasteiger partial charge in [-0.05, 0) is 17.9 Å². The van der Waals surface area contributed by atoms with Crippen LogP contribution < -0.4 is 10.1 Å². The van der Waals surface area contributed by atoms with Crippen molar-refractivity contribution in [2.24, 2.45) is 5.41 Å². The summed E-state index contributed by atoms with van der Waals surface area (Å²) in [5.74, 6) is 0.888. The molecular formula is C16H25NO2. The molecule has 1 rings (SSSR count). The Kier molecular flexibility index (Phi) is 6.60. The maximum absolute atomic E-state index is 8.96. The molecule has 3 nitrogen and oxygen atoms in total. The van der Waals surface area contributed by atoms with Crippen molar-refractivity contribution in [3.63, 3.8) is 0 Å². The Morgan fingerprint density at radius 2 is 2.05 bits per heavy atom. The minimum atomic E-state index is 0.132. The van der Waals surface area contributed by atoms with Gasteiger partial charge in [0.15, 0.2) is 0 Å². The number of aliphatic hydroxyl groups is 1. The lowest BCUT2D eigenvalue weighted by Crippen LogP contribution is -2.30. The van der Waals surface area contributed by atoms with Gasteiger partial charge in [-0.3, -0.25) is 0 Å². The Balaban J connectivity index is 2.38. The number of benzene rings is 1. The summed E-state index contributed by atoms with van der Waals surface area (Å²) in [6.07, 6.45) is 4.97. The summed E-state index contributed by atoms with van der Waals surface area (Å²) in [7, 11) is 1.68. The Labute approximate surface area is 116 Å². The molecule has 0 aliphatic carbocycles. The third kappa shape index (κ3) is 5.90. The predicted molar refractivity (Wildman–Crippen MR) is 80.4 cm³/mol. The average molecular weight is 263 g/mol. The molecule has 0 saturated heterocycles. The molecule has 0 bridgehead atoms. The molecule has 0 aromatic heterocycles. The molecule has 3 heteroatoms. The molecule has 0 aliphatic rings. The summed E-state index contributed by atoms with van der Waals surface area (Å²) >= 11 is 0. The van der Waals surface area contributed by atoms with Gasteiger partial charge in [-0.1, -0.05) is 44.2 Å². The molecule has 0 atom stereocenters. The maximum Gasteiger partial charge on any atom is 0.126 e. The summed E-state index contributed by atoms with van der Waals surface area (Å²) in [6, 6.07) is 7.95. The zero-order valence-electron chi connectivity index (χ0n) is 12.1. The van der Waals surface area contributed by atoms with Gasteiger partial charge in [0.1, 0.15) is 5.75 Å². The molecule has 0 amide bonds. The Bertz CT molecular complexity index is 399. The Morgan fingerprint density at radius 1 is 1.32 bits per heavy atom. The molecule has 0 saturated carbocycles. The van der Waals surface area contributed by atoms with Crippen LogP contribution in [0.2, 0.25) is 0 Å². The fourth-order valence-corrected chi connectivity index (χ4v) is 1.87. The topological polar surface area (TPSA) is 41.5 Å². The lowest BCUT2D eigenvalue weighted by atomic mass is 9.90. The molecule has 0 radical (unpaired) electrons. The van der Waals surface area contributed by atoms with Gasteiger partial charge >= 0.3 is 0 Å². The van der Waals surface area contributed by atoms with E-state index in [1.165, 1.54) is 0 Å². The van der Waals surface area contributed by atoms with Crippen molar-refractivity contribution >= 4 is 6.08 Å². The van der Waals surface area contributed by atoms with Crippen LogP contribution in [0.5, 0.6) is 5.75 Å². The SMILES string of the molecule is COc1ccccc1C=CCNCC(C)(C)CCO. The fraction of sp³-hybridized carbons (Fsp3) is 0.500. The van der Waals surface area contributed by atoms with Crippen molar-refractivity contribution in [2.45, 2.75) is 20.3 Å². The number of rotatable bonds is 8. The smallest absolute Gasteiger partial charge is 0.126 e. The summed E-state index contributed by atoms with van der Waals surface area (Å²) in [5, 5.41) is 12.3. The highest BCUT2D eigenvalue weighted by atomic mass is 16.5. The minimum Gasteiger partial charge on any atom is -0.496 e. The van der Waals surface area contributed by atoms with Crippen LogP contribution in [0.25, 0.3) is 6.08 Å². The third-order valence-corrected chi connectivity index (χ3v) is 3.09. The first kappa shape index (κ1) is 15.7. The van der Waals surface area contributed by atoms with E-state index >= 15 is 0 Å². The molecule has 0 unspecified atom stereocenters. The second kappa shape index (κ2) is 7.97. The van der Waals surface area contributed by atoms with Crippen LogP contribution in [0.1, 0.15) is 25.8 Å². The molecule has 1 aromatic rings. The highest BCUT2D eigenvalue weighted by Crippen LogP contribution is 2.19. The van der Waals surface area contributed by atoms with Crippen molar-refractivity contribution < 1.29 is 9.84 Å². The largest absolute Gasteiger partial charge is 0.496 e. The van der Waals surface area contributed by atoms with E-state index in [4.69, 9.17) is 9.84 Å². The van der Waals surface area contributed by atoms with Crippen molar-refractivity contribution in [2.75, 3.05) is 26.8 Å². The molecule has 0 heterocycles. The molecule has 106 valence electrons. The van der Waals surface area contributed by atoms with Gasteiger partial charge in [-0.2, -0.15) is 0 Å². The van der Waals surface area contributed by atoms with E-state index in [0.717, 1.165) is 30.8 Å². The normalized spacial score (nSPS) is 12.0. The van der Waals surface area contributed by atoms with Crippen molar-refractivity contribution in [3.05, 3.63) is 35.9 Å². The summed E-state index contributed by atoms with van der Waals surface area (Å²) in [6.45, 7) is 6.25. The van der Waals surface area contributed by atoms with Gasteiger partial charge in [-0.25, -0.2) is 0 Å². The monoisotopic (exact) mass is 263 g/mol. The molecular weight excluding hydrogens is 238 g/mol. The van der Waals surface area contributed by atoms with Gasteiger partial charge in [0.25, 0.3) is 0 Å². The van der Waals surface area contributed by atoms with Crippen LogP contribution in [0.15, 0.2) is 30.3 Å². The molecule has 0 aliphatic heterocycles. The van der Waals surface area contributed by atoms with E-state index in [9.17, 15) is 0 Å². The van der Waals surface area contributed by atoms with Gasteiger partial charge < -0.3 is 15.2 Å². The average Bonchev–Trinajstić information content (AvgIpc) is 2.38. The first-order valence-corrected chi connectivity index (χ1v) is 6.70. The molecule has 2 N–H and O–H groups in total. The number of aliphatic hydroxyl groups excluding tert-OH is 1. The maximum atomic E-state index is 8.96. The second-order valence-electron chi connectivity index (χ2n) is 5.41. The van der Waals surface area contributed by atoms with Crippen LogP contribution in [-0.4, -0.2) is 31.9 Å². The lowest BCUT2D eigenvalue weighted by Gasteiger charge is -2.23. The van der Waals surface area contributed by atoms with Crippen molar-refractivity contribution in [3.8, 4) is 5.75 Å². The molecule has 0 fully saturated rings. The highest BCUT2D eigenvalue weighted by molar-refractivity contribution is 5.57. The van der Waals surface area contributed by atoms with E-state index < -0.39 is 0 Å². The van der Waals surface area contributed by atoms with E-state index in [0.29, 0.717) is 0 Å². The summed E-state index contributed by atoms with van der Waals surface area (Å²) in [5.41, 5.74) is 1.22. The number of hydrogen-bond acceptors (Lipinski definition) is 3. The second-order valence-corrected chi connectivity index (χ2v) is 5.41. The van der Waals surface area contributed by atoms with Crippen LogP contribution >= 0.6 is 0 Å². The zero-order valence-corrected chi connectivity index (χ0v) is 12.1. The number of ether oxygens (including phenoxy) is 1. The van der Waals surface area contributed by atoms with Crippen LogP contribution in [0, 0.1) is 5.41 Å². The Morgan fingerprint density at radius 3 is 2.74 bits per heavy atom. The quantitative estimate of drug-likeness (QED) is 0.709. The van der Waals surface area contributed by atoms with E-state index in [-0.39, 0.29) is 12.0 Å². The summed E-state index contributed by atoms with van der Waals surface area (Å²) in [4.78, 5) is 0. The van der Waals surface area contributed by atoms with Gasteiger partial charge in [0, 0.05) is 25.3 Å². The number of para-hydroxylation sites is 1. The minimum absolute atomic E-state index is 0.132. The molecule has 19 heavy (non-hydrogen) atoms. The van der Waals surface area contributed by atoms with E-state index in [1.54, 1.807) is 7.11 Å². The van der Waals surface area contributed by atoms with Crippen molar-refractivity contribution in [1.82, 2.24) is 5.32 Å². The zero-order chi connectivity index (χ0) is 14.1. The predicted octanol–water partition coefficient (Wildman–Crippen LogP) is 2.71. The van der Waals surface area contributed by atoms with Gasteiger partial charge in [0.2, 0.25) is 0 Å². The van der Waals surface area contributed by atoms with E-state index in [1.807, 2.05) is 24.3 Å². The number of methoxy groups -OCH3 is 1. The summed E-state index contributed by atoms with van der Waals surface area (Å²) < 4.78 is 5.29. The third-order valence-electron chi connectivity index (χ3n) is 3.09. The standard InChI is InChI=1S/C16H25NO2/c1-16(2,10-12-18)13-17-11-6-8-14-7-4-5-9-15(14)19-3/h4-9,17-18H,10-13H2,1-3H3. The molecule has 0 spiro atoms. The van der Waals surface area contributed by atoms with E-state index in [2.05, 4.69) is 31.3 Å². The number of nitrogens with one attached hydrogen (secondary N) is 1. The molecule has 1 aromatic carbocycles. The van der Waals surface area contributed by atoms with Crippen molar-refractivity contribution in [1.29, 1.82) is 0 Å².